The maximum Gasteiger partial charge on any atom is 0.408 e. The molecule has 0 spiro atoms. The van der Waals surface area contributed by atoms with Crippen molar-refractivity contribution in [3.05, 3.63) is 71.9 Å². The van der Waals surface area contributed by atoms with Crippen molar-refractivity contribution in [1.29, 1.82) is 0 Å². The molecular weight excluding hydrogens is 432 g/mol. The molecule has 8 heteroatoms. The van der Waals surface area contributed by atoms with Crippen molar-refractivity contribution in [1.82, 2.24) is 15.6 Å². The molecule has 0 saturated heterocycles. The Morgan fingerprint density at radius 1 is 1.00 bits per heavy atom. The first-order valence-corrected chi connectivity index (χ1v) is 11.2. The molecule has 180 valence electrons. The van der Waals surface area contributed by atoms with Crippen LogP contribution in [0.2, 0.25) is 0 Å². The van der Waals surface area contributed by atoms with E-state index in [9.17, 15) is 14.4 Å². The van der Waals surface area contributed by atoms with Gasteiger partial charge in [-0.15, -0.1) is 0 Å². The molecule has 0 aliphatic rings. The number of aromatic nitrogens is 1. The van der Waals surface area contributed by atoms with Crippen LogP contribution in [0.15, 0.2) is 60.8 Å². The molecule has 0 aliphatic heterocycles. The lowest BCUT2D eigenvalue weighted by Crippen LogP contribution is -2.62. The molecule has 3 rings (SSSR count). The van der Waals surface area contributed by atoms with Gasteiger partial charge in [0, 0.05) is 29.9 Å². The fourth-order valence-electron chi connectivity index (χ4n) is 3.76. The standard InChI is InChI=1S/C26H32N4O4/c1-25(2,3)34-24(33)30-26(4,15-18-16-28-20-13-9-8-12-19(18)20)23(32)29-21(22(27)31)14-17-10-6-5-7-11-17/h5-13,16,21,28H,14-15H2,1-4H3,(H2,27,31)(H,29,32)(H,30,33)/t21-,26-/m0/s1. The zero-order chi connectivity index (χ0) is 24.9. The molecule has 3 aromatic rings. The quantitative estimate of drug-likeness (QED) is 0.408. The molecule has 1 heterocycles. The van der Waals surface area contributed by atoms with Crippen LogP contribution in [-0.2, 0) is 27.2 Å². The number of para-hydroxylation sites is 1. The van der Waals surface area contributed by atoms with Crippen molar-refractivity contribution in [2.45, 2.75) is 57.7 Å². The number of nitrogens with two attached hydrogens (primary N) is 1. The molecule has 0 saturated carbocycles. The molecule has 0 radical (unpaired) electrons. The van der Waals surface area contributed by atoms with Crippen LogP contribution in [0.3, 0.4) is 0 Å². The Balaban J connectivity index is 1.88. The van der Waals surface area contributed by atoms with Crippen LogP contribution in [0, 0.1) is 0 Å². The predicted octanol–water partition coefficient (Wildman–Crippen LogP) is 3.21. The summed E-state index contributed by atoms with van der Waals surface area (Å²) in [6.07, 6.45) is 1.47. The Kier molecular flexibility index (Phi) is 7.29. The number of ether oxygens (including phenoxy) is 1. The number of primary amides is 1. The minimum absolute atomic E-state index is 0.166. The smallest absolute Gasteiger partial charge is 0.408 e. The van der Waals surface area contributed by atoms with Gasteiger partial charge < -0.3 is 26.1 Å². The monoisotopic (exact) mass is 464 g/mol. The van der Waals surface area contributed by atoms with E-state index in [0.29, 0.717) is 0 Å². The number of carbonyl (C=O) groups excluding carboxylic acids is 3. The van der Waals surface area contributed by atoms with Crippen LogP contribution in [0.25, 0.3) is 10.9 Å². The van der Waals surface area contributed by atoms with E-state index in [1.807, 2.05) is 60.8 Å². The van der Waals surface area contributed by atoms with Gasteiger partial charge in [-0.1, -0.05) is 48.5 Å². The highest BCUT2D eigenvalue weighted by Crippen LogP contribution is 2.23. The van der Waals surface area contributed by atoms with E-state index in [1.165, 1.54) is 0 Å². The van der Waals surface area contributed by atoms with Crippen LogP contribution in [0.4, 0.5) is 4.79 Å². The van der Waals surface area contributed by atoms with Crippen LogP contribution >= 0.6 is 0 Å². The first-order valence-electron chi connectivity index (χ1n) is 11.2. The highest BCUT2D eigenvalue weighted by Gasteiger charge is 2.39. The van der Waals surface area contributed by atoms with Crippen molar-refractivity contribution in [3.63, 3.8) is 0 Å². The van der Waals surface area contributed by atoms with Gasteiger partial charge in [0.15, 0.2) is 0 Å². The fourth-order valence-corrected chi connectivity index (χ4v) is 3.76. The highest BCUT2D eigenvalue weighted by molar-refractivity contribution is 5.94. The van der Waals surface area contributed by atoms with E-state index in [0.717, 1.165) is 22.0 Å². The van der Waals surface area contributed by atoms with Crippen molar-refractivity contribution in [3.8, 4) is 0 Å². The number of hydrogen-bond acceptors (Lipinski definition) is 4. The average Bonchev–Trinajstić information content (AvgIpc) is 3.15. The Morgan fingerprint density at radius 2 is 1.65 bits per heavy atom. The SMILES string of the molecule is CC(C)(C)OC(=O)N[C@@](C)(Cc1c[nH]c2ccccc12)C(=O)N[C@@H](Cc1ccccc1)C(N)=O. The Labute approximate surface area is 199 Å². The minimum atomic E-state index is -1.42. The molecule has 0 fully saturated rings. The van der Waals surface area contributed by atoms with Gasteiger partial charge >= 0.3 is 6.09 Å². The van der Waals surface area contributed by atoms with E-state index in [-0.39, 0.29) is 12.8 Å². The second kappa shape index (κ2) is 9.99. The van der Waals surface area contributed by atoms with Crippen molar-refractivity contribution in [2.75, 3.05) is 0 Å². The zero-order valence-electron chi connectivity index (χ0n) is 20.0. The summed E-state index contributed by atoms with van der Waals surface area (Å²) in [6, 6.07) is 16.0. The van der Waals surface area contributed by atoms with E-state index in [1.54, 1.807) is 27.7 Å². The van der Waals surface area contributed by atoms with Gasteiger partial charge in [-0.25, -0.2) is 4.79 Å². The van der Waals surface area contributed by atoms with Crippen molar-refractivity contribution >= 4 is 28.8 Å². The van der Waals surface area contributed by atoms with Gasteiger partial charge in [-0.3, -0.25) is 9.59 Å². The number of fused-ring (bicyclic) bond motifs is 1. The van der Waals surface area contributed by atoms with E-state index in [4.69, 9.17) is 10.5 Å². The normalized spacial score (nSPS) is 14.1. The first kappa shape index (κ1) is 24.8. The van der Waals surface area contributed by atoms with Crippen LogP contribution < -0.4 is 16.4 Å². The topological polar surface area (TPSA) is 126 Å². The number of hydrogen-bond donors (Lipinski definition) is 4. The summed E-state index contributed by atoms with van der Waals surface area (Å²) in [4.78, 5) is 41.5. The summed E-state index contributed by atoms with van der Waals surface area (Å²) in [5.41, 5.74) is 6.04. The number of amides is 3. The summed E-state index contributed by atoms with van der Waals surface area (Å²) in [6.45, 7) is 6.83. The third-order valence-corrected chi connectivity index (χ3v) is 5.43. The van der Waals surface area contributed by atoms with Gasteiger partial charge in [-0.2, -0.15) is 0 Å². The largest absolute Gasteiger partial charge is 0.444 e. The average molecular weight is 465 g/mol. The predicted molar refractivity (Wildman–Crippen MR) is 131 cm³/mol. The number of H-pyrrole nitrogens is 1. The maximum atomic E-state index is 13.5. The fraction of sp³-hybridized carbons (Fsp3) is 0.346. The Bertz CT molecular complexity index is 1170. The second-order valence-electron chi connectivity index (χ2n) is 9.61. The van der Waals surface area contributed by atoms with Crippen molar-refractivity contribution in [2.24, 2.45) is 5.73 Å². The summed E-state index contributed by atoms with van der Waals surface area (Å²) in [5, 5.41) is 6.40. The van der Waals surface area contributed by atoms with Crippen molar-refractivity contribution < 1.29 is 19.1 Å². The number of alkyl carbamates (subject to hydrolysis) is 1. The molecule has 5 N–H and O–H groups in total. The molecule has 2 atom stereocenters. The second-order valence-corrected chi connectivity index (χ2v) is 9.61. The van der Waals surface area contributed by atoms with Gasteiger partial charge in [-0.05, 0) is 44.9 Å². The summed E-state index contributed by atoms with van der Waals surface area (Å²) >= 11 is 0. The van der Waals surface area contributed by atoms with Crippen LogP contribution in [-0.4, -0.2) is 40.1 Å². The van der Waals surface area contributed by atoms with Crippen LogP contribution in [0.5, 0.6) is 0 Å². The third-order valence-electron chi connectivity index (χ3n) is 5.43. The Hall–Kier alpha value is -3.81. The number of carbonyl (C=O) groups is 3. The lowest BCUT2D eigenvalue weighted by atomic mass is 9.90. The molecule has 3 amide bonds. The lowest BCUT2D eigenvalue weighted by Gasteiger charge is -2.32. The summed E-state index contributed by atoms with van der Waals surface area (Å²) in [5.74, 6) is -1.20. The van der Waals surface area contributed by atoms with E-state index >= 15 is 0 Å². The van der Waals surface area contributed by atoms with Gasteiger partial charge in [0.2, 0.25) is 11.8 Å². The highest BCUT2D eigenvalue weighted by atomic mass is 16.6. The summed E-state index contributed by atoms with van der Waals surface area (Å²) < 4.78 is 5.41. The van der Waals surface area contributed by atoms with E-state index in [2.05, 4.69) is 15.6 Å². The molecule has 0 bridgehead atoms. The lowest BCUT2D eigenvalue weighted by molar-refractivity contribution is -0.131. The number of rotatable bonds is 8. The third kappa shape index (κ3) is 6.37. The van der Waals surface area contributed by atoms with Gasteiger partial charge in [0.25, 0.3) is 0 Å². The molecule has 34 heavy (non-hydrogen) atoms. The first-order chi connectivity index (χ1) is 16.0. The molecule has 0 unspecified atom stereocenters. The van der Waals surface area contributed by atoms with Crippen LogP contribution in [0.1, 0.15) is 38.8 Å². The van der Waals surface area contributed by atoms with E-state index < -0.39 is 35.1 Å². The number of aromatic amines is 1. The molecular formula is C26H32N4O4. The minimum Gasteiger partial charge on any atom is -0.444 e. The molecule has 1 aromatic heterocycles. The zero-order valence-corrected chi connectivity index (χ0v) is 20.0. The van der Waals surface area contributed by atoms with Gasteiger partial charge in [0.1, 0.15) is 17.2 Å². The maximum absolute atomic E-state index is 13.5. The number of nitrogens with one attached hydrogen (secondary N) is 3. The molecule has 0 aliphatic carbocycles. The molecule has 8 nitrogen and oxygen atoms in total. The Morgan fingerprint density at radius 3 is 2.29 bits per heavy atom. The van der Waals surface area contributed by atoms with Gasteiger partial charge in [0.05, 0.1) is 0 Å². The summed E-state index contributed by atoms with van der Waals surface area (Å²) in [7, 11) is 0. The number of benzene rings is 2. The molecule has 2 aromatic carbocycles.